The molecule has 6 atom stereocenters. The van der Waals surface area contributed by atoms with Gasteiger partial charge < -0.3 is 24.4 Å². The number of halogens is 2. The summed E-state index contributed by atoms with van der Waals surface area (Å²) in [6.45, 7) is 4.27. The van der Waals surface area contributed by atoms with E-state index >= 15 is 0 Å². The third kappa shape index (κ3) is 10.7. The minimum Gasteiger partial charge on any atom is -0.461 e. The topological polar surface area (TPSA) is 85.2 Å². The molecule has 8 heteroatoms. The maximum absolute atomic E-state index is 14.5. The van der Waals surface area contributed by atoms with Crippen molar-refractivity contribution in [3.05, 3.63) is 60.2 Å². The number of carbonyl (C=O) groups excluding carboxylic acids is 1. The molecule has 0 amide bonds. The van der Waals surface area contributed by atoms with Crippen molar-refractivity contribution in [2.24, 2.45) is 17.8 Å². The summed E-state index contributed by atoms with van der Waals surface area (Å²) in [7, 11) is 0. The lowest BCUT2D eigenvalue weighted by atomic mass is 9.89. The first kappa shape index (κ1) is 32.4. The van der Waals surface area contributed by atoms with Crippen LogP contribution in [0, 0.1) is 17.8 Å². The minimum absolute atomic E-state index is 0.244. The molecule has 0 aromatic heterocycles. The Labute approximate surface area is 237 Å². The minimum atomic E-state index is -3.23. The van der Waals surface area contributed by atoms with E-state index in [9.17, 15) is 23.8 Å². The Bertz CT molecular complexity index is 929. The SMILES string of the molecule is CC(C)CC(F)(F)C(O)C=C[C@@H]1[C@@H](CC=CCCCC(=O)OCc2ccccc2)[C@@H](O)C[C@H]1OC1CCCCO1. The highest BCUT2D eigenvalue weighted by molar-refractivity contribution is 5.69. The fraction of sp³-hybridized carbons (Fsp3) is 0.656. The van der Waals surface area contributed by atoms with Gasteiger partial charge in [0.15, 0.2) is 6.29 Å². The summed E-state index contributed by atoms with van der Waals surface area (Å²) >= 11 is 0. The van der Waals surface area contributed by atoms with Crippen molar-refractivity contribution >= 4 is 5.97 Å². The third-order valence-corrected chi connectivity index (χ3v) is 7.55. The largest absolute Gasteiger partial charge is 0.461 e. The van der Waals surface area contributed by atoms with Gasteiger partial charge in [-0.3, -0.25) is 4.79 Å². The molecule has 2 aliphatic rings. The lowest BCUT2D eigenvalue weighted by Gasteiger charge is -2.29. The van der Waals surface area contributed by atoms with Crippen LogP contribution in [-0.4, -0.2) is 53.3 Å². The molecular formula is C32H46F2O6. The normalized spacial score (nSPS) is 26.6. The summed E-state index contributed by atoms with van der Waals surface area (Å²) in [5.74, 6) is -4.33. The average molecular weight is 565 g/mol. The van der Waals surface area contributed by atoms with Gasteiger partial charge >= 0.3 is 5.97 Å². The van der Waals surface area contributed by atoms with Crippen LogP contribution in [0.3, 0.4) is 0 Å². The van der Waals surface area contributed by atoms with Crippen LogP contribution in [0.1, 0.15) is 77.2 Å². The molecule has 3 rings (SSSR count). The average Bonchev–Trinajstić information content (AvgIpc) is 3.21. The maximum Gasteiger partial charge on any atom is 0.306 e. The number of rotatable bonds is 15. The predicted octanol–water partition coefficient (Wildman–Crippen LogP) is 6.35. The van der Waals surface area contributed by atoms with E-state index in [1.807, 2.05) is 42.5 Å². The first-order valence-corrected chi connectivity index (χ1v) is 14.7. The van der Waals surface area contributed by atoms with E-state index in [0.717, 1.165) is 24.8 Å². The Morgan fingerprint density at radius 1 is 1.20 bits per heavy atom. The van der Waals surface area contributed by atoms with Crippen molar-refractivity contribution in [2.75, 3.05) is 6.61 Å². The number of esters is 1. The molecule has 1 aromatic rings. The van der Waals surface area contributed by atoms with E-state index in [-0.39, 0.29) is 36.6 Å². The zero-order chi connectivity index (χ0) is 29.0. The first-order chi connectivity index (χ1) is 19.2. The van der Waals surface area contributed by atoms with E-state index in [4.69, 9.17) is 14.2 Å². The summed E-state index contributed by atoms with van der Waals surface area (Å²) in [5, 5.41) is 21.1. The molecule has 1 aromatic carbocycles. The number of aliphatic hydroxyl groups is 2. The Kier molecular flexibility index (Phi) is 13.2. The Morgan fingerprint density at radius 3 is 2.67 bits per heavy atom. The van der Waals surface area contributed by atoms with Gasteiger partial charge in [-0.05, 0) is 55.9 Å². The van der Waals surface area contributed by atoms with Gasteiger partial charge in [-0.25, -0.2) is 8.78 Å². The van der Waals surface area contributed by atoms with Gasteiger partial charge in [-0.15, -0.1) is 0 Å². The van der Waals surface area contributed by atoms with Crippen LogP contribution in [0.2, 0.25) is 0 Å². The van der Waals surface area contributed by atoms with Crippen LogP contribution in [0.5, 0.6) is 0 Å². The van der Waals surface area contributed by atoms with Crippen LogP contribution in [0.25, 0.3) is 0 Å². The molecule has 2 fully saturated rings. The van der Waals surface area contributed by atoms with Gasteiger partial charge in [0.25, 0.3) is 5.92 Å². The summed E-state index contributed by atoms with van der Waals surface area (Å²) in [6.07, 6.45) is 8.23. The molecule has 224 valence electrons. The highest BCUT2D eigenvalue weighted by Crippen LogP contribution is 2.40. The van der Waals surface area contributed by atoms with Gasteiger partial charge in [0.2, 0.25) is 0 Å². The molecule has 0 radical (unpaired) electrons. The quantitative estimate of drug-likeness (QED) is 0.147. The van der Waals surface area contributed by atoms with E-state index in [1.165, 1.54) is 6.08 Å². The number of hydrogen-bond donors (Lipinski definition) is 2. The number of allylic oxidation sites excluding steroid dienone is 2. The molecule has 1 heterocycles. The lowest BCUT2D eigenvalue weighted by Crippen LogP contribution is -2.34. The van der Waals surface area contributed by atoms with Gasteiger partial charge in [-0.2, -0.15) is 0 Å². The molecule has 1 aliphatic carbocycles. The second kappa shape index (κ2) is 16.3. The van der Waals surface area contributed by atoms with Crippen LogP contribution in [0.4, 0.5) is 8.78 Å². The number of carbonyl (C=O) groups is 1. The first-order valence-electron chi connectivity index (χ1n) is 14.7. The molecule has 2 N–H and O–H groups in total. The highest BCUT2D eigenvalue weighted by atomic mass is 19.3. The van der Waals surface area contributed by atoms with E-state index in [0.29, 0.717) is 38.7 Å². The number of ether oxygens (including phenoxy) is 3. The Balaban J connectivity index is 1.53. The predicted molar refractivity (Wildman–Crippen MR) is 149 cm³/mol. The number of hydrogen-bond acceptors (Lipinski definition) is 6. The molecular weight excluding hydrogens is 518 g/mol. The van der Waals surface area contributed by atoms with Crippen molar-refractivity contribution in [3.63, 3.8) is 0 Å². The zero-order valence-corrected chi connectivity index (χ0v) is 23.8. The fourth-order valence-electron chi connectivity index (χ4n) is 5.43. The maximum atomic E-state index is 14.5. The number of unbranched alkanes of at least 4 members (excludes halogenated alkanes) is 1. The van der Waals surface area contributed by atoms with Crippen LogP contribution in [-0.2, 0) is 25.6 Å². The number of benzene rings is 1. The van der Waals surface area contributed by atoms with Gasteiger partial charge in [0, 0.05) is 31.8 Å². The number of alkyl halides is 2. The van der Waals surface area contributed by atoms with Gasteiger partial charge in [0.05, 0.1) is 12.2 Å². The van der Waals surface area contributed by atoms with Crippen LogP contribution in [0.15, 0.2) is 54.6 Å². The van der Waals surface area contributed by atoms with Crippen LogP contribution >= 0.6 is 0 Å². The zero-order valence-electron chi connectivity index (χ0n) is 23.8. The molecule has 2 unspecified atom stereocenters. The highest BCUT2D eigenvalue weighted by Gasteiger charge is 2.43. The molecule has 0 bridgehead atoms. The smallest absolute Gasteiger partial charge is 0.306 e. The molecule has 6 nitrogen and oxygen atoms in total. The monoisotopic (exact) mass is 564 g/mol. The Hall–Kier alpha value is -2.13. The molecule has 1 saturated carbocycles. The van der Waals surface area contributed by atoms with Crippen molar-refractivity contribution in [2.45, 2.75) is 109 Å². The van der Waals surface area contributed by atoms with E-state index in [2.05, 4.69) is 0 Å². The molecule has 1 saturated heterocycles. The van der Waals surface area contributed by atoms with Crippen molar-refractivity contribution in [1.29, 1.82) is 0 Å². The molecule has 0 spiro atoms. The third-order valence-electron chi connectivity index (χ3n) is 7.55. The van der Waals surface area contributed by atoms with Crippen molar-refractivity contribution in [1.82, 2.24) is 0 Å². The second-order valence-electron chi connectivity index (χ2n) is 11.4. The fourth-order valence-corrected chi connectivity index (χ4v) is 5.43. The summed E-state index contributed by atoms with van der Waals surface area (Å²) in [6, 6.07) is 9.53. The number of aliphatic hydroxyl groups excluding tert-OH is 2. The molecule has 40 heavy (non-hydrogen) atoms. The summed E-state index contributed by atoms with van der Waals surface area (Å²) in [4.78, 5) is 12.0. The van der Waals surface area contributed by atoms with Gasteiger partial charge in [0.1, 0.15) is 12.7 Å². The summed E-state index contributed by atoms with van der Waals surface area (Å²) < 4.78 is 46.1. The van der Waals surface area contributed by atoms with E-state index < -0.39 is 30.7 Å². The van der Waals surface area contributed by atoms with E-state index in [1.54, 1.807) is 19.9 Å². The standard InChI is InChI=1S/C32H46F2O6/c1-23(2)21-32(33,34)29(36)18-17-26-25(27(35)20-28(26)40-31-16-10-11-19-38-31)14-8-3-4-9-15-30(37)39-22-24-12-6-5-7-13-24/h3,5-8,12-13,17-18,23,25-29,31,35-36H,4,9-11,14-16,19-22H2,1-2H3/t25-,26-,27+,28-,29?,31?/m1/s1. The van der Waals surface area contributed by atoms with Crippen LogP contribution < -0.4 is 0 Å². The summed E-state index contributed by atoms with van der Waals surface area (Å²) in [5.41, 5.74) is 0.947. The van der Waals surface area contributed by atoms with Crippen molar-refractivity contribution < 1.29 is 38.0 Å². The molecule has 1 aliphatic heterocycles. The van der Waals surface area contributed by atoms with Gasteiger partial charge in [-0.1, -0.05) is 68.5 Å². The Morgan fingerprint density at radius 2 is 1.98 bits per heavy atom. The van der Waals surface area contributed by atoms with Crippen molar-refractivity contribution in [3.8, 4) is 0 Å². The second-order valence-corrected chi connectivity index (χ2v) is 11.4. The lowest BCUT2D eigenvalue weighted by molar-refractivity contribution is -0.193.